The van der Waals surface area contributed by atoms with E-state index in [0.29, 0.717) is 28.1 Å². The fraction of sp³-hybridized carbons (Fsp3) is 0.188. The number of anilines is 1. The fourth-order valence-corrected chi connectivity index (χ4v) is 2.71. The van der Waals surface area contributed by atoms with Crippen molar-refractivity contribution >= 4 is 46.4 Å². The van der Waals surface area contributed by atoms with E-state index in [9.17, 15) is 4.79 Å². The molecule has 4 nitrogen and oxygen atoms in total. The molecule has 0 saturated heterocycles. The summed E-state index contributed by atoms with van der Waals surface area (Å²) in [5.41, 5.74) is 0.662. The Morgan fingerprint density at radius 1 is 1.13 bits per heavy atom. The van der Waals surface area contributed by atoms with Crippen LogP contribution in [0.2, 0.25) is 15.1 Å². The lowest BCUT2D eigenvalue weighted by Crippen LogP contribution is -2.14. The first-order chi connectivity index (χ1) is 11.0. The molecule has 0 fully saturated rings. The van der Waals surface area contributed by atoms with Gasteiger partial charge in [0.15, 0.2) is 5.75 Å². The van der Waals surface area contributed by atoms with Crippen molar-refractivity contribution in [1.29, 1.82) is 0 Å². The Morgan fingerprint density at radius 3 is 2.52 bits per heavy atom. The molecule has 2 aromatic carbocycles. The minimum Gasteiger partial charge on any atom is -0.495 e. The molecule has 0 aromatic heterocycles. The van der Waals surface area contributed by atoms with E-state index in [1.807, 2.05) is 0 Å². The first-order valence-corrected chi connectivity index (χ1v) is 7.86. The number of nitrogens with one attached hydrogen (secondary N) is 1. The summed E-state index contributed by atoms with van der Waals surface area (Å²) in [7, 11) is 1.50. The van der Waals surface area contributed by atoms with Gasteiger partial charge in [0.05, 0.1) is 30.0 Å². The van der Waals surface area contributed by atoms with Gasteiger partial charge in [-0.2, -0.15) is 0 Å². The molecular weight excluding hydrogens is 361 g/mol. The number of methoxy groups -OCH3 is 1. The summed E-state index contributed by atoms with van der Waals surface area (Å²) in [6, 6.07) is 7.92. The zero-order valence-corrected chi connectivity index (χ0v) is 14.7. The lowest BCUT2D eigenvalue weighted by Gasteiger charge is -2.14. The standard InChI is InChI=1S/C16H14Cl3NO3/c1-3-23-15-11(6-10(18)7-12(15)19)16(21)20-13-8-9(17)4-5-14(13)22-2/h4-8H,3H2,1-2H3,(H,20,21). The Bertz CT molecular complexity index is 735. The second-order valence-corrected chi connectivity index (χ2v) is 5.78. The maximum atomic E-state index is 12.6. The minimum atomic E-state index is -0.432. The molecule has 0 aliphatic rings. The quantitative estimate of drug-likeness (QED) is 0.772. The molecule has 7 heteroatoms. The van der Waals surface area contributed by atoms with Crippen molar-refractivity contribution in [1.82, 2.24) is 0 Å². The zero-order valence-electron chi connectivity index (χ0n) is 12.5. The Kier molecular flexibility index (Phi) is 5.99. The number of amides is 1. The van der Waals surface area contributed by atoms with Gasteiger partial charge in [0.2, 0.25) is 0 Å². The van der Waals surface area contributed by atoms with Crippen LogP contribution in [0.4, 0.5) is 5.69 Å². The van der Waals surface area contributed by atoms with Crippen LogP contribution in [0.15, 0.2) is 30.3 Å². The number of halogens is 3. The fourth-order valence-electron chi connectivity index (χ4n) is 1.99. The molecule has 122 valence electrons. The molecule has 23 heavy (non-hydrogen) atoms. The molecule has 2 rings (SSSR count). The van der Waals surface area contributed by atoms with Gasteiger partial charge < -0.3 is 14.8 Å². The van der Waals surface area contributed by atoms with Crippen LogP contribution in [0, 0.1) is 0 Å². The molecule has 0 aliphatic heterocycles. The molecule has 0 unspecified atom stereocenters. The summed E-state index contributed by atoms with van der Waals surface area (Å²) in [6.07, 6.45) is 0. The summed E-state index contributed by atoms with van der Waals surface area (Å²) in [6.45, 7) is 2.16. The SMILES string of the molecule is CCOc1c(Cl)cc(Cl)cc1C(=O)Nc1cc(Cl)ccc1OC. The molecule has 2 aromatic rings. The summed E-state index contributed by atoms with van der Waals surface area (Å²) in [4.78, 5) is 12.6. The maximum absolute atomic E-state index is 12.6. The van der Waals surface area contributed by atoms with E-state index in [0.717, 1.165) is 0 Å². The number of hydrogen-bond acceptors (Lipinski definition) is 3. The topological polar surface area (TPSA) is 47.6 Å². The number of hydrogen-bond donors (Lipinski definition) is 1. The summed E-state index contributed by atoms with van der Waals surface area (Å²) in [5.74, 6) is 0.323. The average molecular weight is 375 g/mol. The van der Waals surface area contributed by atoms with Crippen LogP contribution in [-0.4, -0.2) is 19.6 Å². The molecule has 0 atom stereocenters. The van der Waals surface area contributed by atoms with E-state index in [2.05, 4.69) is 5.32 Å². The van der Waals surface area contributed by atoms with Crippen molar-refractivity contribution in [2.45, 2.75) is 6.92 Å². The zero-order chi connectivity index (χ0) is 17.0. The third-order valence-corrected chi connectivity index (χ3v) is 3.69. The van der Waals surface area contributed by atoms with Gasteiger partial charge in [-0.1, -0.05) is 34.8 Å². The Hall–Kier alpha value is -1.62. The van der Waals surface area contributed by atoms with Crippen LogP contribution in [-0.2, 0) is 0 Å². The van der Waals surface area contributed by atoms with Gasteiger partial charge in [-0.05, 0) is 37.3 Å². The predicted octanol–water partition coefficient (Wildman–Crippen LogP) is 5.31. The molecule has 0 heterocycles. The molecule has 0 bridgehead atoms. The number of benzene rings is 2. The number of rotatable bonds is 5. The highest BCUT2D eigenvalue weighted by atomic mass is 35.5. The second kappa shape index (κ2) is 7.77. The van der Waals surface area contributed by atoms with Crippen LogP contribution in [0.3, 0.4) is 0 Å². The smallest absolute Gasteiger partial charge is 0.259 e. The Morgan fingerprint density at radius 2 is 1.87 bits per heavy atom. The highest BCUT2D eigenvalue weighted by Crippen LogP contribution is 2.34. The van der Waals surface area contributed by atoms with Crippen LogP contribution in [0.5, 0.6) is 11.5 Å². The van der Waals surface area contributed by atoms with Crippen molar-refractivity contribution in [3.05, 3.63) is 51.0 Å². The number of carbonyl (C=O) groups excluding carboxylic acids is 1. The van der Waals surface area contributed by atoms with Gasteiger partial charge in [-0.25, -0.2) is 0 Å². The van der Waals surface area contributed by atoms with Crippen LogP contribution >= 0.6 is 34.8 Å². The normalized spacial score (nSPS) is 10.3. The van der Waals surface area contributed by atoms with Gasteiger partial charge in [0, 0.05) is 10.0 Å². The van der Waals surface area contributed by atoms with E-state index >= 15 is 0 Å². The van der Waals surface area contributed by atoms with Crippen molar-refractivity contribution in [3.63, 3.8) is 0 Å². The van der Waals surface area contributed by atoms with Crippen molar-refractivity contribution in [2.75, 3.05) is 19.0 Å². The van der Waals surface area contributed by atoms with Gasteiger partial charge >= 0.3 is 0 Å². The third kappa shape index (κ3) is 4.22. The van der Waals surface area contributed by atoms with Crippen LogP contribution in [0.25, 0.3) is 0 Å². The molecule has 1 amide bonds. The number of ether oxygens (including phenoxy) is 2. The van der Waals surface area contributed by atoms with Gasteiger partial charge in [0.1, 0.15) is 5.75 Å². The molecule has 1 N–H and O–H groups in total. The summed E-state index contributed by atoms with van der Waals surface area (Å²) < 4.78 is 10.7. The minimum absolute atomic E-state index is 0.228. The largest absolute Gasteiger partial charge is 0.495 e. The Labute approximate surface area is 149 Å². The molecule has 0 saturated carbocycles. The monoisotopic (exact) mass is 373 g/mol. The van der Waals surface area contributed by atoms with E-state index in [1.165, 1.54) is 19.2 Å². The van der Waals surface area contributed by atoms with Crippen molar-refractivity contribution < 1.29 is 14.3 Å². The Balaban J connectivity index is 2.40. The van der Waals surface area contributed by atoms with Crippen LogP contribution < -0.4 is 14.8 Å². The summed E-state index contributed by atoms with van der Waals surface area (Å²) >= 11 is 18.1. The first kappa shape index (κ1) is 17.7. The summed E-state index contributed by atoms with van der Waals surface area (Å²) in [5, 5.41) is 3.80. The van der Waals surface area contributed by atoms with Crippen molar-refractivity contribution in [3.8, 4) is 11.5 Å². The van der Waals surface area contributed by atoms with Crippen molar-refractivity contribution in [2.24, 2.45) is 0 Å². The van der Waals surface area contributed by atoms with Crippen LogP contribution in [0.1, 0.15) is 17.3 Å². The van der Waals surface area contributed by atoms with Gasteiger partial charge in [0.25, 0.3) is 5.91 Å². The van der Waals surface area contributed by atoms with Gasteiger partial charge in [-0.15, -0.1) is 0 Å². The van der Waals surface area contributed by atoms with E-state index < -0.39 is 5.91 Å². The lowest BCUT2D eigenvalue weighted by atomic mass is 10.1. The van der Waals surface area contributed by atoms with Gasteiger partial charge in [-0.3, -0.25) is 4.79 Å². The molecule has 0 aliphatic carbocycles. The molecular formula is C16H14Cl3NO3. The highest BCUT2D eigenvalue weighted by molar-refractivity contribution is 6.36. The highest BCUT2D eigenvalue weighted by Gasteiger charge is 2.18. The number of carbonyl (C=O) groups is 1. The van der Waals surface area contributed by atoms with E-state index in [-0.39, 0.29) is 16.3 Å². The average Bonchev–Trinajstić information content (AvgIpc) is 2.50. The predicted molar refractivity (Wildman–Crippen MR) is 93.6 cm³/mol. The lowest BCUT2D eigenvalue weighted by molar-refractivity contribution is 0.102. The first-order valence-electron chi connectivity index (χ1n) is 6.73. The third-order valence-electron chi connectivity index (χ3n) is 2.95. The van der Waals surface area contributed by atoms with E-state index in [4.69, 9.17) is 44.3 Å². The molecule has 0 spiro atoms. The second-order valence-electron chi connectivity index (χ2n) is 4.50. The molecule has 0 radical (unpaired) electrons. The van der Waals surface area contributed by atoms with E-state index in [1.54, 1.807) is 25.1 Å². The maximum Gasteiger partial charge on any atom is 0.259 e.